The van der Waals surface area contributed by atoms with Gasteiger partial charge >= 0.3 is 0 Å². The van der Waals surface area contributed by atoms with Crippen molar-refractivity contribution in [3.8, 4) is 5.75 Å². The highest BCUT2D eigenvalue weighted by Gasteiger charge is 2.34. The maximum Gasteiger partial charge on any atom is 0.293 e. The SMILES string of the molecule is O=C1S/C(=C\c2ccccc2F)C(=O)N1CCOc1ccccc1Cl. The number of thioether (sulfide) groups is 1. The van der Waals surface area contributed by atoms with Crippen LogP contribution in [-0.4, -0.2) is 29.2 Å². The van der Waals surface area contributed by atoms with Crippen LogP contribution in [0.1, 0.15) is 5.56 Å². The van der Waals surface area contributed by atoms with E-state index in [0.29, 0.717) is 10.8 Å². The fourth-order valence-electron chi connectivity index (χ4n) is 2.23. The zero-order valence-electron chi connectivity index (χ0n) is 12.9. The summed E-state index contributed by atoms with van der Waals surface area (Å²) in [6.45, 7) is 0.208. The van der Waals surface area contributed by atoms with Crippen LogP contribution in [-0.2, 0) is 4.79 Å². The van der Waals surface area contributed by atoms with E-state index in [4.69, 9.17) is 16.3 Å². The van der Waals surface area contributed by atoms with Gasteiger partial charge in [-0.05, 0) is 36.0 Å². The maximum absolute atomic E-state index is 13.7. The van der Waals surface area contributed by atoms with Crippen molar-refractivity contribution in [3.05, 3.63) is 69.8 Å². The van der Waals surface area contributed by atoms with Gasteiger partial charge in [-0.3, -0.25) is 14.5 Å². The van der Waals surface area contributed by atoms with Crippen LogP contribution in [0.5, 0.6) is 5.75 Å². The van der Waals surface area contributed by atoms with Crippen molar-refractivity contribution in [2.24, 2.45) is 0 Å². The Balaban J connectivity index is 1.66. The molecule has 0 aromatic heterocycles. The second-order valence-corrected chi connectivity index (χ2v) is 6.53. The van der Waals surface area contributed by atoms with Crippen molar-refractivity contribution in [3.63, 3.8) is 0 Å². The van der Waals surface area contributed by atoms with Crippen molar-refractivity contribution in [1.29, 1.82) is 0 Å². The minimum absolute atomic E-state index is 0.0878. The molecule has 0 radical (unpaired) electrons. The quantitative estimate of drug-likeness (QED) is 0.715. The Kier molecular flexibility index (Phi) is 5.40. The van der Waals surface area contributed by atoms with Crippen molar-refractivity contribution < 1.29 is 18.7 Å². The first-order valence-corrected chi connectivity index (χ1v) is 8.63. The predicted octanol–water partition coefficient (Wildman–Crippen LogP) is 4.59. The third-order valence-electron chi connectivity index (χ3n) is 3.47. The Morgan fingerprint density at radius 3 is 2.60 bits per heavy atom. The molecule has 0 bridgehead atoms. The summed E-state index contributed by atoms with van der Waals surface area (Å²) < 4.78 is 19.2. The first-order chi connectivity index (χ1) is 12.1. The third-order valence-corrected chi connectivity index (χ3v) is 4.69. The number of ether oxygens (including phenoxy) is 1. The maximum atomic E-state index is 13.7. The molecular weight excluding hydrogens is 365 g/mol. The fourth-order valence-corrected chi connectivity index (χ4v) is 3.28. The van der Waals surface area contributed by atoms with E-state index in [9.17, 15) is 14.0 Å². The molecule has 0 N–H and O–H groups in total. The highest BCUT2D eigenvalue weighted by Crippen LogP contribution is 2.32. The summed E-state index contributed by atoms with van der Waals surface area (Å²) in [5.74, 6) is -0.421. The fraction of sp³-hybridized carbons (Fsp3) is 0.111. The number of rotatable bonds is 5. The number of carbonyl (C=O) groups excluding carboxylic acids is 2. The van der Waals surface area contributed by atoms with Crippen molar-refractivity contribution in [1.82, 2.24) is 4.90 Å². The van der Waals surface area contributed by atoms with E-state index in [1.165, 1.54) is 12.1 Å². The van der Waals surface area contributed by atoms with Gasteiger partial charge in [0.05, 0.1) is 16.5 Å². The summed E-state index contributed by atoms with van der Waals surface area (Å²) in [5.41, 5.74) is 0.264. The summed E-state index contributed by atoms with van der Waals surface area (Å²) in [5, 5.41) is 0.0476. The topological polar surface area (TPSA) is 46.6 Å². The number of halogens is 2. The Morgan fingerprint density at radius 1 is 1.12 bits per heavy atom. The first kappa shape index (κ1) is 17.5. The van der Waals surface area contributed by atoms with Crippen LogP contribution < -0.4 is 4.74 Å². The average Bonchev–Trinajstić information content (AvgIpc) is 2.86. The minimum Gasteiger partial charge on any atom is -0.490 e. The molecule has 4 nitrogen and oxygen atoms in total. The molecule has 2 aromatic carbocycles. The first-order valence-electron chi connectivity index (χ1n) is 7.43. The summed E-state index contributed by atoms with van der Waals surface area (Å²) in [6, 6.07) is 13.0. The Hall–Kier alpha value is -2.31. The van der Waals surface area contributed by atoms with E-state index in [1.54, 1.807) is 42.5 Å². The normalized spacial score (nSPS) is 15.9. The summed E-state index contributed by atoms with van der Waals surface area (Å²) in [4.78, 5) is 25.6. The lowest BCUT2D eigenvalue weighted by Crippen LogP contribution is -2.32. The zero-order valence-corrected chi connectivity index (χ0v) is 14.5. The molecule has 0 unspecified atom stereocenters. The molecule has 25 heavy (non-hydrogen) atoms. The number of para-hydroxylation sites is 1. The standard InChI is InChI=1S/C18H13ClFNO3S/c19-13-6-2-4-8-15(13)24-10-9-21-17(22)16(25-18(21)23)11-12-5-1-3-7-14(12)20/h1-8,11H,9-10H2/b16-11-. The molecule has 0 aliphatic carbocycles. The summed E-state index contributed by atoms with van der Waals surface area (Å²) >= 11 is 6.77. The van der Waals surface area contributed by atoms with E-state index >= 15 is 0 Å². The van der Waals surface area contributed by atoms with E-state index in [2.05, 4.69) is 0 Å². The highest BCUT2D eigenvalue weighted by atomic mass is 35.5. The number of amides is 2. The van der Waals surface area contributed by atoms with Gasteiger partial charge in [-0.25, -0.2) is 4.39 Å². The van der Waals surface area contributed by atoms with Gasteiger partial charge in [0.2, 0.25) is 0 Å². The van der Waals surface area contributed by atoms with Gasteiger partial charge in [-0.1, -0.05) is 41.9 Å². The molecule has 1 aliphatic heterocycles. The Morgan fingerprint density at radius 2 is 1.84 bits per heavy atom. The van der Waals surface area contributed by atoms with Crippen LogP contribution in [0.25, 0.3) is 6.08 Å². The predicted molar refractivity (Wildman–Crippen MR) is 96.0 cm³/mol. The molecule has 1 saturated heterocycles. The highest BCUT2D eigenvalue weighted by molar-refractivity contribution is 8.18. The van der Waals surface area contributed by atoms with E-state index < -0.39 is 17.0 Å². The number of hydrogen-bond donors (Lipinski definition) is 0. The molecular formula is C18H13ClFNO3S. The lowest BCUT2D eigenvalue weighted by molar-refractivity contribution is -0.123. The molecule has 2 aromatic rings. The second kappa shape index (κ2) is 7.72. The van der Waals surface area contributed by atoms with Crippen LogP contribution in [0.2, 0.25) is 5.02 Å². The number of hydrogen-bond acceptors (Lipinski definition) is 4. The van der Waals surface area contributed by atoms with Gasteiger partial charge in [0.25, 0.3) is 11.1 Å². The minimum atomic E-state index is -0.457. The monoisotopic (exact) mass is 377 g/mol. The van der Waals surface area contributed by atoms with Crippen molar-refractivity contribution in [2.75, 3.05) is 13.2 Å². The van der Waals surface area contributed by atoms with Crippen LogP contribution in [0.15, 0.2) is 53.4 Å². The Labute approximate surface area is 153 Å². The molecule has 3 rings (SSSR count). The summed E-state index contributed by atoms with van der Waals surface area (Å²) in [6.07, 6.45) is 1.38. The van der Waals surface area contributed by atoms with E-state index in [1.807, 2.05) is 0 Å². The van der Waals surface area contributed by atoms with Crippen LogP contribution >= 0.6 is 23.4 Å². The molecule has 1 heterocycles. The van der Waals surface area contributed by atoms with Gasteiger partial charge in [0.1, 0.15) is 18.2 Å². The lowest BCUT2D eigenvalue weighted by Gasteiger charge is -2.13. The summed E-state index contributed by atoms with van der Waals surface area (Å²) in [7, 11) is 0. The van der Waals surface area contributed by atoms with Crippen molar-refractivity contribution in [2.45, 2.75) is 0 Å². The van der Waals surface area contributed by atoms with Crippen LogP contribution in [0.4, 0.5) is 9.18 Å². The van der Waals surface area contributed by atoms with E-state index in [0.717, 1.165) is 16.7 Å². The molecule has 1 aliphatic rings. The Bertz CT molecular complexity index is 856. The molecule has 1 fully saturated rings. The number of benzene rings is 2. The second-order valence-electron chi connectivity index (χ2n) is 5.13. The van der Waals surface area contributed by atoms with Gasteiger partial charge < -0.3 is 4.74 Å². The third kappa shape index (κ3) is 4.03. The smallest absolute Gasteiger partial charge is 0.293 e. The van der Waals surface area contributed by atoms with Gasteiger partial charge in [0.15, 0.2) is 0 Å². The van der Waals surface area contributed by atoms with Gasteiger partial charge in [0, 0.05) is 5.56 Å². The molecule has 0 saturated carbocycles. The number of nitrogens with zero attached hydrogens (tertiary/aromatic N) is 1. The molecule has 0 spiro atoms. The molecule has 2 amide bonds. The lowest BCUT2D eigenvalue weighted by atomic mass is 10.2. The van der Waals surface area contributed by atoms with Gasteiger partial charge in [-0.15, -0.1) is 0 Å². The van der Waals surface area contributed by atoms with E-state index in [-0.39, 0.29) is 23.6 Å². The zero-order chi connectivity index (χ0) is 17.8. The molecule has 7 heteroatoms. The van der Waals surface area contributed by atoms with Gasteiger partial charge in [-0.2, -0.15) is 0 Å². The number of carbonyl (C=O) groups is 2. The van der Waals surface area contributed by atoms with Crippen molar-refractivity contribution >= 4 is 40.6 Å². The molecule has 128 valence electrons. The number of imide groups is 1. The largest absolute Gasteiger partial charge is 0.490 e. The van der Waals surface area contributed by atoms with Crippen LogP contribution in [0.3, 0.4) is 0 Å². The average molecular weight is 378 g/mol. The van der Waals surface area contributed by atoms with Crippen LogP contribution in [0, 0.1) is 5.82 Å². The molecule has 0 atom stereocenters.